The van der Waals surface area contributed by atoms with Gasteiger partial charge in [-0.05, 0) is 50.1 Å². The lowest BCUT2D eigenvalue weighted by Gasteiger charge is -2.27. The van der Waals surface area contributed by atoms with Gasteiger partial charge >= 0.3 is 0 Å². The second-order valence-corrected chi connectivity index (χ2v) is 8.07. The highest BCUT2D eigenvalue weighted by Gasteiger charge is 2.21. The van der Waals surface area contributed by atoms with E-state index in [2.05, 4.69) is 50.7 Å². The van der Waals surface area contributed by atoms with Gasteiger partial charge in [-0.2, -0.15) is 11.8 Å². The number of benzene rings is 1. The minimum Gasteiger partial charge on any atom is -0.359 e. The topological polar surface area (TPSA) is 24.9 Å². The minimum atomic E-state index is 0.604. The van der Waals surface area contributed by atoms with Crippen molar-refractivity contribution in [1.82, 2.24) is 4.98 Å². The summed E-state index contributed by atoms with van der Waals surface area (Å²) >= 11 is 7.28. The largest absolute Gasteiger partial charge is 0.359 e. The molecule has 0 aliphatic heterocycles. The van der Waals surface area contributed by atoms with E-state index in [1.807, 2.05) is 11.8 Å². The average Bonchev–Trinajstić information content (AvgIpc) is 2.81. The lowest BCUT2D eigenvalue weighted by Crippen LogP contribution is -2.26. The van der Waals surface area contributed by atoms with Gasteiger partial charge in [-0.25, -0.2) is 4.98 Å². The van der Waals surface area contributed by atoms with Crippen LogP contribution in [0.15, 0.2) is 22.7 Å². The third-order valence-electron chi connectivity index (χ3n) is 3.69. The number of nitrogens with zero attached hydrogens (tertiary/aromatic N) is 1. The molecule has 0 amide bonds. The van der Waals surface area contributed by atoms with Gasteiger partial charge in [0.2, 0.25) is 0 Å². The van der Waals surface area contributed by atoms with E-state index >= 15 is 0 Å². The summed E-state index contributed by atoms with van der Waals surface area (Å²) in [4.78, 5) is 4.67. The molecule has 0 radical (unpaired) electrons. The van der Waals surface area contributed by atoms with Crippen LogP contribution in [-0.4, -0.2) is 22.5 Å². The van der Waals surface area contributed by atoms with Gasteiger partial charge < -0.3 is 5.32 Å². The summed E-state index contributed by atoms with van der Waals surface area (Å²) in [7, 11) is 0. The maximum Gasteiger partial charge on any atom is 0.184 e. The van der Waals surface area contributed by atoms with Crippen molar-refractivity contribution in [3.05, 3.63) is 22.7 Å². The van der Waals surface area contributed by atoms with Crippen LogP contribution in [-0.2, 0) is 0 Å². The standard InChI is InChI=1S/C14H17BrN2S2/c1-18-11-5-3-10(4-6-11)16-14-17-12-7-2-9(15)8-13(12)19-14/h2,7-8,10-11H,3-6H2,1H3,(H,16,17). The molecule has 1 aromatic heterocycles. The van der Waals surface area contributed by atoms with Crippen LogP contribution in [0, 0.1) is 0 Å². The molecule has 2 nitrogen and oxygen atoms in total. The van der Waals surface area contributed by atoms with Gasteiger partial charge in [0, 0.05) is 15.8 Å². The van der Waals surface area contributed by atoms with E-state index in [4.69, 9.17) is 0 Å². The fourth-order valence-corrected chi connectivity index (χ4v) is 4.82. The summed E-state index contributed by atoms with van der Waals surface area (Å²) in [5, 5.41) is 5.55. The molecule has 1 aromatic carbocycles. The Balaban J connectivity index is 1.68. The Bertz CT molecular complexity index is 562. The molecule has 0 atom stereocenters. The van der Waals surface area contributed by atoms with Gasteiger partial charge in [0.1, 0.15) is 0 Å². The highest BCUT2D eigenvalue weighted by atomic mass is 79.9. The molecule has 0 saturated heterocycles. The number of aromatic nitrogens is 1. The first-order valence-electron chi connectivity index (χ1n) is 6.60. The first-order valence-corrected chi connectivity index (χ1v) is 9.50. The van der Waals surface area contributed by atoms with Gasteiger partial charge in [-0.15, -0.1) is 0 Å². The zero-order chi connectivity index (χ0) is 13.2. The van der Waals surface area contributed by atoms with E-state index in [-0.39, 0.29) is 0 Å². The van der Waals surface area contributed by atoms with Crippen LogP contribution in [0.25, 0.3) is 10.2 Å². The molecule has 0 unspecified atom stereocenters. The van der Waals surface area contributed by atoms with E-state index in [0.717, 1.165) is 20.4 Å². The van der Waals surface area contributed by atoms with Crippen molar-refractivity contribution in [2.75, 3.05) is 11.6 Å². The Labute approximate surface area is 130 Å². The van der Waals surface area contributed by atoms with Gasteiger partial charge in [0.05, 0.1) is 10.2 Å². The Morgan fingerprint density at radius 2 is 2.11 bits per heavy atom. The fourth-order valence-electron chi connectivity index (χ4n) is 2.58. The number of hydrogen-bond acceptors (Lipinski definition) is 4. The molecule has 1 saturated carbocycles. The molecule has 0 bridgehead atoms. The van der Waals surface area contributed by atoms with Crippen molar-refractivity contribution in [1.29, 1.82) is 0 Å². The third-order valence-corrected chi connectivity index (χ3v) is 6.27. The van der Waals surface area contributed by atoms with Crippen molar-refractivity contribution in [2.45, 2.75) is 37.0 Å². The van der Waals surface area contributed by atoms with Crippen molar-refractivity contribution >= 4 is 54.4 Å². The molecule has 5 heteroatoms. The SMILES string of the molecule is CSC1CCC(Nc2nc3ccc(Br)cc3s2)CC1. The molecule has 1 fully saturated rings. The highest BCUT2D eigenvalue weighted by molar-refractivity contribution is 9.10. The molecular formula is C14H17BrN2S2. The summed E-state index contributed by atoms with van der Waals surface area (Å²) in [6.45, 7) is 0. The summed E-state index contributed by atoms with van der Waals surface area (Å²) in [5.74, 6) is 0. The Morgan fingerprint density at radius 3 is 2.84 bits per heavy atom. The predicted molar refractivity (Wildman–Crippen MR) is 90.5 cm³/mol. The zero-order valence-electron chi connectivity index (χ0n) is 10.9. The molecule has 1 aliphatic rings. The summed E-state index contributed by atoms with van der Waals surface area (Å²) in [6, 6.07) is 6.87. The Kier molecular flexibility index (Phi) is 4.34. The smallest absolute Gasteiger partial charge is 0.184 e. The number of halogens is 1. The quantitative estimate of drug-likeness (QED) is 0.823. The first-order chi connectivity index (χ1) is 9.24. The molecule has 1 N–H and O–H groups in total. The molecule has 19 heavy (non-hydrogen) atoms. The maximum atomic E-state index is 4.67. The zero-order valence-corrected chi connectivity index (χ0v) is 14.1. The maximum absolute atomic E-state index is 4.67. The average molecular weight is 357 g/mol. The van der Waals surface area contributed by atoms with E-state index < -0.39 is 0 Å². The molecule has 0 spiro atoms. The number of nitrogens with one attached hydrogen (secondary N) is 1. The molecule has 3 rings (SSSR count). The summed E-state index contributed by atoms with van der Waals surface area (Å²) < 4.78 is 2.37. The van der Waals surface area contributed by atoms with E-state index in [1.165, 1.54) is 30.4 Å². The highest BCUT2D eigenvalue weighted by Crippen LogP contribution is 2.32. The monoisotopic (exact) mass is 356 g/mol. The van der Waals surface area contributed by atoms with Crippen molar-refractivity contribution in [3.8, 4) is 0 Å². The second kappa shape index (κ2) is 6.02. The number of anilines is 1. The van der Waals surface area contributed by atoms with E-state index in [9.17, 15) is 0 Å². The lowest BCUT2D eigenvalue weighted by molar-refractivity contribution is 0.473. The number of thioether (sulfide) groups is 1. The van der Waals surface area contributed by atoms with Crippen molar-refractivity contribution < 1.29 is 0 Å². The third kappa shape index (κ3) is 3.26. The van der Waals surface area contributed by atoms with Crippen LogP contribution < -0.4 is 5.32 Å². The van der Waals surface area contributed by atoms with Gasteiger partial charge in [0.15, 0.2) is 5.13 Å². The van der Waals surface area contributed by atoms with Crippen LogP contribution >= 0.6 is 39.0 Å². The fraction of sp³-hybridized carbons (Fsp3) is 0.500. The normalized spacial score (nSPS) is 23.7. The number of thiazole rings is 1. The molecule has 2 aromatic rings. The molecule has 1 aliphatic carbocycles. The number of rotatable bonds is 3. The minimum absolute atomic E-state index is 0.604. The van der Waals surface area contributed by atoms with Crippen molar-refractivity contribution in [3.63, 3.8) is 0 Å². The van der Waals surface area contributed by atoms with Crippen LogP contribution in [0.3, 0.4) is 0 Å². The van der Waals surface area contributed by atoms with Gasteiger partial charge in [-0.1, -0.05) is 27.3 Å². The lowest BCUT2D eigenvalue weighted by atomic mass is 9.95. The van der Waals surface area contributed by atoms with Crippen LogP contribution in [0.1, 0.15) is 25.7 Å². The molecular weight excluding hydrogens is 340 g/mol. The summed E-state index contributed by atoms with van der Waals surface area (Å²) in [6.07, 6.45) is 7.42. The number of fused-ring (bicyclic) bond motifs is 1. The first kappa shape index (κ1) is 13.7. The van der Waals surface area contributed by atoms with Crippen LogP contribution in [0.2, 0.25) is 0 Å². The second-order valence-electron chi connectivity index (χ2n) is 4.98. The van der Waals surface area contributed by atoms with Crippen molar-refractivity contribution in [2.24, 2.45) is 0 Å². The number of hydrogen-bond donors (Lipinski definition) is 1. The van der Waals surface area contributed by atoms with Gasteiger partial charge in [-0.3, -0.25) is 0 Å². The Morgan fingerprint density at radius 1 is 1.32 bits per heavy atom. The predicted octanol–water partition coefficient (Wildman–Crippen LogP) is 5.14. The van der Waals surface area contributed by atoms with E-state index in [0.29, 0.717) is 6.04 Å². The van der Waals surface area contributed by atoms with Crippen LogP contribution in [0.4, 0.5) is 5.13 Å². The summed E-state index contributed by atoms with van der Waals surface area (Å²) in [5.41, 5.74) is 1.09. The molecule has 102 valence electrons. The van der Waals surface area contributed by atoms with Gasteiger partial charge in [0.25, 0.3) is 0 Å². The molecule has 1 heterocycles. The van der Waals surface area contributed by atoms with E-state index in [1.54, 1.807) is 11.3 Å². The Hall–Kier alpha value is -0.260. The van der Waals surface area contributed by atoms with Crippen LogP contribution in [0.5, 0.6) is 0 Å².